The van der Waals surface area contributed by atoms with Crippen LogP contribution in [0.3, 0.4) is 0 Å². The van der Waals surface area contributed by atoms with Gasteiger partial charge in [0, 0.05) is 24.6 Å². The largest absolute Gasteiger partial charge is 0.480 e. The zero-order chi connectivity index (χ0) is 13.7. The summed E-state index contributed by atoms with van der Waals surface area (Å²) in [7, 11) is 0. The smallest absolute Gasteiger partial charge is 0.327 e. The average Bonchev–Trinajstić information content (AvgIpc) is 2.46. The first-order valence-corrected chi connectivity index (χ1v) is 7.84. The van der Waals surface area contributed by atoms with Gasteiger partial charge in [-0.1, -0.05) is 12.2 Å². The number of carbonyl (C=O) groups is 2. The molecule has 106 valence electrons. The van der Waals surface area contributed by atoms with Gasteiger partial charge >= 0.3 is 12.0 Å². The molecule has 0 spiro atoms. The molecule has 1 aliphatic heterocycles. The Kier molecular flexibility index (Phi) is 5.13. The Morgan fingerprint density at radius 3 is 2.95 bits per heavy atom. The van der Waals surface area contributed by atoms with Gasteiger partial charge < -0.3 is 15.3 Å². The van der Waals surface area contributed by atoms with E-state index in [2.05, 4.69) is 17.5 Å². The third kappa shape index (κ3) is 3.89. The predicted octanol–water partition coefficient (Wildman–Crippen LogP) is 1.55. The zero-order valence-electron chi connectivity index (χ0n) is 10.9. The summed E-state index contributed by atoms with van der Waals surface area (Å²) < 4.78 is 0. The first-order valence-electron chi connectivity index (χ1n) is 6.68. The maximum absolute atomic E-state index is 12.1. The molecule has 0 aromatic carbocycles. The van der Waals surface area contributed by atoms with Crippen LogP contribution in [0.2, 0.25) is 0 Å². The minimum atomic E-state index is -0.914. The number of allylic oxidation sites excluding steroid dienone is 2. The van der Waals surface area contributed by atoms with Crippen LogP contribution >= 0.6 is 11.8 Å². The fourth-order valence-corrected chi connectivity index (χ4v) is 3.46. The van der Waals surface area contributed by atoms with Crippen molar-refractivity contribution >= 4 is 23.8 Å². The Hall–Kier alpha value is -1.17. The predicted molar refractivity (Wildman–Crippen MR) is 75.3 cm³/mol. The minimum Gasteiger partial charge on any atom is -0.480 e. The molecule has 2 atom stereocenters. The highest BCUT2D eigenvalue weighted by atomic mass is 32.2. The Morgan fingerprint density at radius 1 is 1.42 bits per heavy atom. The standard InChI is InChI=1S/C13H20N2O3S/c16-12(17)11-9-19-7-6-15(11)13(18)14-8-10-4-2-1-3-5-10/h1-2,10-11H,3-9H2,(H,14,18)(H,16,17). The molecule has 5 nitrogen and oxygen atoms in total. The highest BCUT2D eigenvalue weighted by Crippen LogP contribution is 2.19. The Bertz CT molecular complexity index is 373. The lowest BCUT2D eigenvalue weighted by Crippen LogP contribution is -2.54. The molecule has 2 rings (SSSR count). The molecule has 0 aromatic heterocycles. The van der Waals surface area contributed by atoms with E-state index in [-0.39, 0.29) is 6.03 Å². The number of urea groups is 1. The monoisotopic (exact) mass is 284 g/mol. The van der Waals surface area contributed by atoms with E-state index >= 15 is 0 Å². The van der Waals surface area contributed by atoms with Crippen molar-refractivity contribution < 1.29 is 14.7 Å². The van der Waals surface area contributed by atoms with Crippen molar-refractivity contribution in [3.63, 3.8) is 0 Å². The van der Waals surface area contributed by atoms with Crippen LogP contribution in [0, 0.1) is 5.92 Å². The molecule has 1 heterocycles. The first-order chi connectivity index (χ1) is 9.18. The molecule has 1 saturated heterocycles. The highest BCUT2D eigenvalue weighted by Gasteiger charge is 2.32. The van der Waals surface area contributed by atoms with E-state index in [4.69, 9.17) is 5.11 Å². The SMILES string of the molecule is O=C(O)C1CSCCN1C(=O)NCC1CC=CCC1. The van der Waals surface area contributed by atoms with Gasteiger partial charge in [0.05, 0.1) is 0 Å². The summed E-state index contributed by atoms with van der Waals surface area (Å²) in [4.78, 5) is 24.7. The number of hydrogen-bond donors (Lipinski definition) is 2. The molecule has 1 fully saturated rings. The molecule has 0 radical (unpaired) electrons. The maximum atomic E-state index is 12.1. The Morgan fingerprint density at radius 2 is 2.26 bits per heavy atom. The van der Waals surface area contributed by atoms with E-state index in [0.29, 0.717) is 24.8 Å². The Labute approximate surface area is 117 Å². The summed E-state index contributed by atoms with van der Waals surface area (Å²) in [6, 6.07) is -0.924. The molecule has 6 heteroatoms. The molecule has 2 N–H and O–H groups in total. The first kappa shape index (κ1) is 14.2. The van der Waals surface area contributed by atoms with Crippen molar-refractivity contribution in [2.24, 2.45) is 5.92 Å². The van der Waals surface area contributed by atoms with Crippen LogP contribution < -0.4 is 5.32 Å². The molecule has 1 aliphatic carbocycles. The van der Waals surface area contributed by atoms with Gasteiger partial charge in [-0.3, -0.25) is 0 Å². The van der Waals surface area contributed by atoms with Crippen LogP contribution in [-0.2, 0) is 4.79 Å². The number of thioether (sulfide) groups is 1. The molecule has 2 unspecified atom stereocenters. The third-order valence-electron chi connectivity index (χ3n) is 3.59. The highest BCUT2D eigenvalue weighted by molar-refractivity contribution is 7.99. The number of carbonyl (C=O) groups excluding carboxylic acids is 1. The number of carboxylic acids is 1. The third-order valence-corrected chi connectivity index (χ3v) is 4.62. The molecule has 2 aliphatic rings. The lowest BCUT2D eigenvalue weighted by Gasteiger charge is -2.33. The van der Waals surface area contributed by atoms with E-state index in [9.17, 15) is 9.59 Å². The lowest BCUT2D eigenvalue weighted by atomic mass is 9.94. The van der Waals surface area contributed by atoms with Crippen LogP contribution in [0.1, 0.15) is 19.3 Å². The maximum Gasteiger partial charge on any atom is 0.327 e. The molecular weight excluding hydrogens is 264 g/mol. The van der Waals surface area contributed by atoms with Gasteiger partial charge in [0.1, 0.15) is 6.04 Å². The van der Waals surface area contributed by atoms with Crippen LogP contribution in [0.4, 0.5) is 4.79 Å². The van der Waals surface area contributed by atoms with Gasteiger partial charge in [-0.05, 0) is 25.2 Å². The Balaban J connectivity index is 1.83. The van der Waals surface area contributed by atoms with Crippen molar-refractivity contribution in [2.45, 2.75) is 25.3 Å². The van der Waals surface area contributed by atoms with Gasteiger partial charge in [-0.25, -0.2) is 9.59 Å². The fourth-order valence-electron chi connectivity index (χ4n) is 2.43. The van der Waals surface area contributed by atoms with Crippen LogP contribution in [-0.4, -0.2) is 52.6 Å². The lowest BCUT2D eigenvalue weighted by molar-refractivity contribution is -0.141. The van der Waals surface area contributed by atoms with Crippen molar-refractivity contribution in [2.75, 3.05) is 24.6 Å². The van der Waals surface area contributed by atoms with E-state index in [0.717, 1.165) is 25.0 Å². The molecule has 2 amide bonds. The number of rotatable bonds is 3. The molecule has 0 bridgehead atoms. The topological polar surface area (TPSA) is 69.6 Å². The van der Waals surface area contributed by atoms with E-state index in [1.54, 1.807) is 11.8 Å². The number of nitrogens with one attached hydrogen (secondary N) is 1. The number of amides is 2. The quantitative estimate of drug-likeness (QED) is 0.772. The van der Waals surface area contributed by atoms with Gasteiger partial charge in [0.2, 0.25) is 0 Å². The van der Waals surface area contributed by atoms with Crippen LogP contribution in [0.15, 0.2) is 12.2 Å². The average molecular weight is 284 g/mol. The van der Waals surface area contributed by atoms with Crippen molar-refractivity contribution in [1.29, 1.82) is 0 Å². The van der Waals surface area contributed by atoms with Gasteiger partial charge in [0.15, 0.2) is 0 Å². The summed E-state index contributed by atoms with van der Waals surface area (Å²) in [5.41, 5.74) is 0. The van der Waals surface area contributed by atoms with E-state index < -0.39 is 12.0 Å². The van der Waals surface area contributed by atoms with Crippen molar-refractivity contribution in [3.05, 3.63) is 12.2 Å². The summed E-state index contributed by atoms with van der Waals surface area (Å²) >= 11 is 1.59. The fraction of sp³-hybridized carbons (Fsp3) is 0.692. The summed E-state index contributed by atoms with van der Waals surface area (Å²) in [6.07, 6.45) is 7.48. The second-order valence-corrected chi connectivity index (χ2v) is 6.11. The molecule has 19 heavy (non-hydrogen) atoms. The zero-order valence-corrected chi connectivity index (χ0v) is 11.7. The minimum absolute atomic E-state index is 0.234. The van der Waals surface area contributed by atoms with E-state index in [1.165, 1.54) is 4.90 Å². The van der Waals surface area contributed by atoms with Crippen LogP contribution in [0.5, 0.6) is 0 Å². The van der Waals surface area contributed by atoms with Crippen molar-refractivity contribution in [3.8, 4) is 0 Å². The summed E-state index contributed by atoms with van der Waals surface area (Å²) in [5.74, 6) is 0.859. The van der Waals surface area contributed by atoms with Crippen molar-refractivity contribution in [1.82, 2.24) is 10.2 Å². The normalized spacial score (nSPS) is 27.1. The van der Waals surface area contributed by atoms with Gasteiger partial charge in [0.25, 0.3) is 0 Å². The molecule has 0 aromatic rings. The number of aliphatic carboxylic acids is 1. The van der Waals surface area contributed by atoms with Gasteiger partial charge in [-0.2, -0.15) is 11.8 Å². The number of hydrogen-bond acceptors (Lipinski definition) is 3. The summed E-state index contributed by atoms with van der Waals surface area (Å²) in [6.45, 7) is 1.15. The van der Waals surface area contributed by atoms with Crippen LogP contribution in [0.25, 0.3) is 0 Å². The van der Waals surface area contributed by atoms with Gasteiger partial charge in [-0.15, -0.1) is 0 Å². The molecule has 0 saturated carbocycles. The number of carboxylic acid groups (broad SMARTS) is 1. The molecular formula is C13H20N2O3S. The summed E-state index contributed by atoms with van der Waals surface area (Å²) in [5, 5.41) is 12.0. The second kappa shape index (κ2) is 6.84. The number of nitrogens with zero attached hydrogens (tertiary/aromatic N) is 1. The second-order valence-electron chi connectivity index (χ2n) is 4.96. The van der Waals surface area contributed by atoms with E-state index in [1.807, 2.05) is 0 Å².